The summed E-state index contributed by atoms with van der Waals surface area (Å²) in [5, 5.41) is 14.8. The predicted octanol–water partition coefficient (Wildman–Crippen LogP) is 2.98. The summed E-state index contributed by atoms with van der Waals surface area (Å²) in [4.78, 5) is 0. The molecule has 2 N–H and O–H groups in total. The van der Waals surface area contributed by atoms with Gasteiger partial charge in [-0.15, -0.1) is 0 Å². The number of rotatable bonds is 4. The van der Waals surface area contributed by atoms with Gasteiger partial charge in [-0.1, -0.05) is 64.5 Å². The van der Waals surface area contributed by atoms with E-state index in [-0.39, 0.29) is 19.6 Å². The van der Waals surface area contributed by atoms with Crippen molar-refractivity contribution in [2.75, 3.05) is 19.7 Å². The van der Waals surface area contributed by atoms with Crippen LogP contribution in [0.3, 0.4) is 0 Å². The van der Waals surface area contributed by atoms with Gasteiger partial charge in [0.2, 0.25) is 0 Å². The van der Waals surface area contributed by atoms with Gasteiger partial charge in [0.05, 0.1) is 6.61 Å². The first-order valence-corrected chi connectivity index (χ1v) is 8.33. The molecule has 5 heteroatoms. The molecule has 124 valence electrons. The smallest absolute Gasteiger partial charge is 0.121 e. The van der Waals surface area contributed by atoms with Crippen molar-refractivity contribution < 1.29 is 9.84 Å². The largest absolute Gasteiger partial charge is 0.382 e. The van der Waals surface area contributed by atoms with Crippen LogP contribution >= 0.6 is 29.4 Å². The molecule has 3 rings (SSSR count). The normalized spacial score (nSPS) is 20.3. The zero-order valence-electron chi connectivity index (χ0n) is 12.8. The van der Waals surface area contributed by atoms with Gasteiger partial charge in [-0.05, 0) is 17.2 Å². The summed E-state index contributed by atoms with van der Waals surface area (Å²) in [7, 11) is 0. The lowest BCUT2D eigenvalue weighted by Crippen LogP contribution is -2.52. The molecule has 2 atom stereocenters. The highest BCUT2D eigenvalue weighted by atomic mass is 79.9. The van der Waals surface area contributed by atoms with E-state index < -0.39 is 5.60 Å². The Labute approximate surface area is 152 Å². The van der Waals surface area contributed by atoms with Gasteiger partial charge in [-0.3, -0.25) is 0 Å². The van der Waals surface area contributed by atoms with Crippen LogP contribution in [0.5, 0.6) is 0 Å². The summed E-state index contributed by atoms with van der Waals surface area (Å²) >= 11 is 3.58. The third-order valence-electron chi connectivity index (χ3n) is 4.15. The number of benzene rings is 2. The van der Waals surface area contributed by atoms with Crippen LogP contribution in [0.1, 0.15) is 11.1 Å². The van der Waals surface area contributed by atoms with E-state index in [0.717, 1.165) is 22.1 Å². The molecule has 0 spiro atoms. The van der Waals surface area contributed by atoms with Crippen molar-refractivity contribution in [3.05, 3.63) is 70.2 Å². The van der Waals surface area contributed by atoms with Crippen molar-refractivity contribution in [1.82, 2.24) is 5.32 Å². The number of hydrogen-bond donors (Lipinski definition) is 2. The second kappa shape index (κ2) is 8.31. The maximum absolute atomic E-state index is 11.5. The minimum atomic E-state index is -1.06. The number of morpholine rings is 1. The Morgan fingerprint density at radius 2 is 1.83 bits per heavy atom. The van der Waals surface area contributed by atoms with Crippen LogP contribution < -0.4 is 5.32 Å². The van der Waals surface area contributed by atoms with Crippen LogP contribution in [0.4, 0.5) is 0 Å². The molecule has 1 heterocycles. The van der Waals surface area contributed by atoms with Gasteiger partial charge >= 0.3 is 0 Å². The van der Waals surface area contributed by atoms with E-state index in [1.807, 2.05) is 54.6 Å². The summed E-state index contributed by atoms with van der Waals surface area (Å²) in [5.74, 6) is 0. The molecule has 0 aromatic heterocycles. The van der Waals surface area contributed by atoms with Gasteiger partial charge in [0.1, 0.15) is 11.7 Å². The Hall–Kier alpha value is -0.850. The van der Waals surface area contributed by atoms with Crippen LogP contribution in [0, 0.1) is 0 Å². The Bertz CT molecular complexity index is 619. The highest BCUT2D eigenvalue weighted by Crippen LogP contribution is 2.34. The number of aliphatic hydroxyl groups is 1. The van der Waals surface area contributed by atoms with E-state index in [9.17, 15) is 5.11 Å². The third-order valence-corrected chi connectivity index (χ3v) is 4.93. The highest BCUT2D eigenvalue weighted by Gasteiger charge is 2.40. The molecule has 1 aliphatic rings. The van der Waals surface area contributed by atoms with Crippen molar-refractivity contribution in [3.63, 3.8) is 0 Å². The average molecular weight is 396 g/mol. The van der Waals surface area contributed by atoms with E-state index in [0.29, 0.717) is 19.6 Å². The molecule has 2 aromatic carbocycles. The van der Waals surface area contributed by atoms with Gasteiger partial charge in [-0.2, -0.15) is 13.5 Å². The van der Waals surface area contributed by atoms with E-state index in [2.05, 4.69) is 21.2 Å². The Kier molecular flexibility index (Phi) is 6.68. The minimum absolute atomic E-state index is 0. The van der Waals surface area contributed by atoms with Crippen molar-refractivity contribution in [2.24, 2.45) is 0 Å². The first-order chi connectivity index (χ1) is 10.7. The average Bonchev–Trinajstić information content (AvgIpc) is 2.58. The monoisotopic (exact) mass is 395 g/mol. The number of hydrogen-bond acceptors (Lipinski definition) is 3. The van der Waals surface area contributed by atoms with Crippen LogP contribution in [0.25, 0.3) is 0 Å². The third kappa shape index (κ3) is 4.17. The van der Waals surface area contributed by atoms with E-state index >= 15 is 0 Å². The number of nitrogens with one attached hydrogen (secondary N) is 1. The molecule has 2 aromatic rings. The molecule has 0 bridgehead atoms. The van der Waals surface area contributed by atoms with Crippen molar-refractivity contribution in [3.8, 4) is 0 Å². The SMILES string of the molecule is O[C@](Cc1ccccc1Br)(c1ccccc1)[C@@H]1CNCCO1.S. The molecular formula is C18H22BrNO2S. The first kappa shape index (κ1) is 18.5. The van der Waals surface area contributed by atoms with E-state index in [1.165, 1.54) is 0 Å². The molecule has 1 fully saturated rings. The topological polar surface area (TPSA) is 41.5 Å². The first-order valence-electron chi connectivity index (χ1n) is 7.54. The van der Waals surface area contributed by atoms with E-state index in [1.54, 1.807) is 0 Å². The minimum Gasteiger partial charge on any atom is -0.382 e. The fourth-order valence-electron chi connectivity index (χ4n) is 2.93. The Morgan fingerprint density at radius 3 is 2.48 bits per heavy atom. The molecule has 3 nitrogen and oxygen atoms in total. The zero-order chi connectivity index (χ0) is 15.4. The number of halogens is 1. The highest BCUT2D eigenvalue weighted by molar-refractivity contribution is 9.10. The van der Waals surface area contributed by atoms with Crippen LogP contribution in [0.15, 0.2) is 59.1 Å². The van der Waals surface area contributed by atoms with Gasteiger partial charge in [0.25, 0.3) is 0 Å². The van der Waals surface area contributed by atoms with E-state index in [4.69, 9.17) is 4.74 Å². The zero-order valence-corrected chi connectivity index (χ0v) is 15.4. The molecule has 1 saturated heterocycles. The fourth-order valence-corrected chi connectivity index (χ4v) is 3.36. The lowest BCUT2D eigenvalue weighted by molar-refractivity contribution is -0.124. The van der Waals surface area contributed by atoms with Crippen LogP contribution in [-0.4, -0.2) is 30.9 Å². The summed E-state index contributed by atoms with van der Waals surface area (Å²) < 4.78 is 6.89. The summed E-state index contributed by atoms with van der Waals surface area (Å²) in [6, 6.07) is 17.8. The van der Waals surface area contributed by atoms with Gasteiger partial charge in [-0.25, -0.2) is 0 Å². The van der Waals surface area contributed by atoms with Crippen molar-refractivity contribution in [1.29, 1.82) is 0 Å². The number of ether oxygens (including phenoxy) is 1. The molecule has 0 aliphatic carbocycles. The molecule has 1 aliphatic heterocycles. The molecule has 23 heavy (non-hydrogen) atoms. The Morgan fingerprint density at radius 1 is 1.13 bits per heavy atom. The summed E-state index contributed by atoms with van der Waals surface area (Å²) in [6.07, 6.45) is 0.237. The fraction of sp³-hybridized carbons (Fsp3) is 0.333. The quantitative estimate of drug-likeness (QED) is 0.835. The van der Waals surface area contributed by atoms with Crippen molar-refractivity contribution >= 4 is 29.4 Å². The Balaban J connectivity index is 0.00000192. The summed E-state index contributed by atoms with van der Waals surface area (Å²) in [5.41, 5.74) is 0.904. The molecule has 0 radical (unpaired) electrons. The van der Waals surface area contributed by atoms with Crippen LogP contribution in [0.2, 0.25) is 0 Å². The molecule has 0 unspecified atom stereocenters. The second-order valence-electron chi connectivity index (χ2n) is 5.62. The lowest BCUT2D eigenvalue weighted by Gasteiger charge is -2.39. The second-order valence-corrected chi connectivity index (χ2v) is 6.48. The van der Waals surface area contributed by atoms with Gasteiger partial charge in [0, 0.05) is 24.0 Å². The van der Waals surface area contributed by atoms with Crippen molar-refractivity contribution in [2.45, 2.75) is 18.1 Å². The predicted molar refractivity (Wildman–Crippen MR) is 101 cm³/mol. The lowest BCUT2D eigenvalue weighted by atomic mass is 9.82. The molecule has 0 saturated carbocycles. The maximum atomic E-state index is 11.5. The molecule has 0 amide bonds. The van der Waals surface area contributed by atoms with Gasteiger partial charge < -0.3 is 15.2 Å². The van der Waals surface area contributed by atoms with Crippen LogP contribution in [-0.2, 0) is 16.8 Å². The molecular weight excluding hydrogens is 374 g/mol. The standard InChI is InChI=1S/C18H20BrNO2.H2S/c19-16-9-5-4-6-14(16)12-18(21,15-7-2-1-3-8-15)17-13-20-10-11-22-17;/h1-9,17,20-21H,10-13H2;1H2/t17-,18+;/m0./s1. The maximum Gasteiger partial charge on any atom is 0.121 e. The summed E-state index contributed by atoms with van der Waals surface area (Å²) in [6.45, 7) is 2.10. The van der Waals surface area contributed by atoms with Gasteiger partial charge in [0.15, 0.2) is 0 Å².